The molecule has 1 heterocycles. The summed E-state index contributed by atoms with van der Waals surface area (Å²) in [6.45, 7) is 1.84. The van der Waals surface area contributed by atoms with Crippen molar-refractivity contribution >= 4 is 33.5 Å². The number of hydrogen-bond acceptors (Lipinski definition) is 6. The molecule has 1 atom stereocenters. The maximum absolute atomic E-state index is 12.2. The Labute approximate surface area is 146 Å². The zero-order chi connectivity index (χ0) is 17.6. The Kier molecular flexibility index (Phi) is 6.68. The highest BCUT2D eigenvalue weighted by Gasteiger charge is 2.34. The molecular weight excluding hydrogens is 350 g/mol. The zero-order valence-electron chi connectivity index (χ0n) is 13.5. The summed E-state index contributed by atoms with van der Waals surface area (Å²) in [5, 5.41) is 0. The van der Waals surface area contributed by atoms with Gasteiger partial charge in [-0.15, -0.1) is 11.8 Å². The van der Waals surface area contributed by atoms with Crippen LogP contribution in [0.4, 0.5) is 0 Å². The topological polar surface area (TPSA) is 80.8 Å². The lowest BCUT2D eigenvalue weighted by Gasteiger charge is -2.26. The van der Waals surface area contributed by atoms with Gasteiger partial charge >= 0.3 is 5.97 Å². The number of nitrogens with zero attached hydrogens (tertiary/aromatic N) is 1. The predicted molar refractivity (Wildman–Crippen MR) is 92.6 cm³/mol. The van der Waals surface area contributed by atoms with Crippen LogP contribution >= 0.6 is 11.8 Å². The number of hydrogen-bond donors (Lipinski definition) is 0. The van der Waals surface area contributed by atoms with Gasteiger partial charge in [-0.1, -0.05) is 18.2 Å². The van der Waals surface area contributed by atoms with Crippen molar-refractivity contribution in [3.63, 3.8) is 0 Å². The minimum absolute atomic E-state index is 0.00954. The van der Waals surface area contributed by atoms with E-state index in [9.17, 15) is 18.0 Å². The Bertz CT molecular complexity index is 675. The Morgan fingerprint density at radius 2 is 2.00 bits per heavy atom. The number of carbonyl (C=O) groups is 2. The highest BCUT2D eigenvalue weighted by atomic mass is 32.2. The molecule has 132 valence electrons. The molecule has 0 radical (unpaired) electrons. The molecule has 1 aromatic rings. The molecule has 1 amide bonds. The first-order chi connectivity index (χ1) is 11.4. The van der Waals surface area contributed by atoms with Crippen molar-refractivity contribution in [2.24, 2.45) is 0 Å². The highest BCUT2D eigenvalue weighted by molar-refractivity contribution is 8.00. The molecule has 24 heavy (non-hydrogen) atoms. The Morgan fingerprint density at radius 3 is 2.58 bits per heavy atom. The van der Waals surface area contributed by atoms with Crippen LogP contribution in [0.1, 0.15) is 13.3 Å². The summed E-state index contributed by atoms with van der Waals surface area (Å²) in [7, 11) is -3.06. The Balaban J connectivity index is 1.77. The van der Waals surface area contributed by atoms with Gasteiger partial charge in [0, 0.05) is 17.5 Å². The van der Waals surface area contributed by atoms with Crippen LogP contribution < -0.4 is 0 Å². The van der Waals surface area contributed by atoms with E-state index in [1.807, 2.05) is 30.3 Å². The van der Waals surface area contributed by atoms with Gasteiger partial charge in [-0.05, 0) is 25.5 Å². The second kappa shape index (κ2) is 8.53. The first-order valence-corrected chi connectivity index (χ1v) is 10.6. The van der Waals surface area contributed by atoms with E-state index in [1.54, 1.807) is 6.92 Å². The molecule has 1 aliphatic rings. The van der Waals surface area contributed by atoms with E-state index >= 15 is 0 Å². The van der Waals surface area contributed by atoms with Crippen LogP contribution in [0.15, 0.2) is 35.2 Å². The molecule has 1 unspecified atom stereocenters. The third kappa shape index (κ3) is 5.52. The number of benzene rings is 1. The van der Waals surface area contributed by atoms with Crippen LogP contribution in [-0.4, -0.2) is 61.6 Å². The number of esters is 1. The molecule has 0 aromatic heterocycles. The third-order valence-electron chi connectivity index (χ3n) is 3.77. The predicted octanol–water partition coefficient (Wildman–Crippen LogP) is 1.36. The number of amides is 1. The van der Waals surface area contributed by atoms with Crippen LogP contribution in [0.3, 0.4) is 0 Å². The lowest BCUT2D eigenvalue weighted by atomic mass is 10.2. The van der Waals surface area contributed by atoms with Crippen LogP contribution in [-0.2, 0) is 24.2 Å². The van der Waals surface area contributed by atoms with Crippen LogP contribution in [0.25, 0.3) is 0 Å². The smallest absolute Gasteiger partial charge is 0.316 e. The largest absolute Gasteiger partial charge is 0.455 e. The standard InChI is InChI=1S/C16H21NO5S2/c1-2-17(13-8-9-24(20,21)12-13)15(18)10-22-16(19)11-23-14-6-4-3-5-7-14/h3-7,13H,2,8-12H2,1H3. The lowest BCUT2D eigenvalue weighted by Crippen LogP contribution is -2.43. The van der Waals surface area contributed by atoms with Crippen molar-refractivity contribution in [3.05, 3.63) is 30.3 Å². The van der Waals surface area contributed by atoms with Gasteiger partial charge in [0.15, 0.2) is 16.4 Å². The van der Waals surface area contributed by atoms with E-state index in [0.717, 1.165) is 4.90 Å². The van der Waals surface area contributed by atoms with Gasteiger partial charge in [-0.25, -0.2) is 8.42 Å². The summed E-state index contributed by atoms with van der Waals surface area (Å²) in [6, 6.07) is 9.12. The second-order valence-corrected chi connectivity index (χ2v) is 8.78. The van der Waals surface area contributed by atoms with Crippen LogP contribution in [0, 0.1) is 0 Å². The van der Waals surface area contributed by atoms with Gasteiger partial charge in [0.05, 0.1) is 17.3 Å². The van der Waals surface area contributed by atoms with E-state index in [4.69, 9.17) is 4.74 Å². The van der Waals surface area contributed by atoms with Crippen molar-refractivity contribution in [1.82, 2.24) is 4.90 Å². The van der Waals surface area contributed by atoms with Gasteiger partial charge in [0.25, 0.3) is 5.91 Å². The fourth-order valence-corrected chi connectivity index (χ4v) is 5.03. The number of ether oxygens (including phenoxy) is 1. The average Bonchev–Trinajstić information content (AvgIpc) is 2.92. The van der Waals surface area contributed by atoms with Crippen molar-refractivity contribution in [1.29, 1.82) is 0 Å². The molecule has 0 bridgehead atoms. The minimum atomic E-state index is -3.06. The van der Waals surface area contributed by atoms with Crippen molar-refractivity contribution in [3.8, 4) is 0 Å². The van der Waals surface area contributed by atoms with E-state index in [2.05, 4.69) is 0 Å². The number of rotatable bonds is 7. The molecule has 0 aliphatic carbocycles. The van der Waals surface area contributed by atoms with Crippen molar-refractivity contribution < 1.29 is 22.7 Å². The maximum atomic E-state index is 12.2. The highest BCUT2D eigenvalue weighted by Crippen LogP contribution is 2.19. The van der Waals surface area contributed by atoms with Gasteiger partial charge in [-0.3, -0.25) is 9.59 Å². The summed E-state index contributed by atoms with van der Waals surface area (Å²) in [5.74, 6) is -0.592. The monoisotopic (exact) mass is 371 g/mol. The Morgan fingerprint density at radius 1 is 1.29 bits per heavy atom. The fourth-order valence-electron chi connectivity index (χ4n) is 2.59. The van der Waals surface area contributed by atoms with Crippen molar-refractivity contribution in [2.45, 2.75) is 24.3 Å². The number of likely N-dealkylation sites (N-methyl/N-ethyl adjacent to an activating group) is 1. The number of thioether (sulfide) groups is 1. The quantitative estimate of drug-likeness (QED) is 0.532. The normalized spacial score (nSPS) is 19.0. The molecule has 8 heteroatoms. The van der Waals surface area contributed by atoms with Crippen LogP contribution in [0.2, 0.25) is 0 Å². The minimum Gasteiger partial charge on any atom is -0.455 e. The number of carbonyl (C=O) groups excluding carboxylic acids is 2. The molecular formula is C16H21NO5S2. The van der Waals surface area contributed by atoms with E-state index < -0.39 is 15.8 Å². The second-order valence-electron chi connectivity index (χ2n) is 5.50. The fraction of sp³-hybridized carbons (Fsp3) is 0.500. The van der Waals surface area contributed by atoms with E-state index in [0.29, 0.717) is 13.0 Å². The average molecular weight is 371 g/mol. The molecule has 1 saturated heterocycles. The summed E-state index contributed by atoms with van der Waals surface area (Å²) in [4.78, 5) is 26.4. The molecule has 0 saturated carbocycles. The van der Waals surface area contributed by atoms with Gasteiger partial charge in [0.1, 0.15) is 0 Å². The molecule has 6 nitrogen and oxygen atoms in total. The van der Waals surface area contributed by atoms with Crippen molar-refractivity contribution in [2.75, 3.05) is 30.4 Å². The molecule has 0 spiro atoms. The first-order valence-electron chi connectivity index (χ1n) is 7.74. The zero-order valence-corrected chi connectivity index (χ0v) is 15.1. The van der Waals surface area contributed by atoms with E-state index in [1.165, 1.54) is 16.7 Å². The Hall–Kier alpha value is -1.54. The molecule has 1 aliphatic heterocycles. The lowest BCUT2D eigenvalue weighted by molar-refractivity contribution is -0.150. The molecule has 0 N–H and O–H groups in total. The number of sulfone groups is 1. The summed E-state index contributed by atoms with van der Waals surface area (Å²) >= 11 is 1.34. The van der Waals surface area contributed by atoms with Gasteiger partial charge in [0.2, 0.25) is 0 Å². The maximum Gasteiger partial charge on any atom is 0.316 e. The van der Waals surface area contributed by atoms with Crippen LogP contribution in [0.5, 0.6) is 0 Å². The van der Waals surface area contributed by atoms with E-state index in [-0.39, 0.29) is 35.8 Å². The molecule has 1 fully saturated rings. The SMILES string of the molecule is CCN(C(=O)COC(=O)CSc1ccccc1)C1CCS(=O)(=O)C1. The first kappa shape index (κ1) is 18.8. The summed E-state index contributed by atoms with van der Waals surface area (Å²) in [5.41, 5.74) is 0. The van der Waals surface area contributed by atoms with Gasteiger partial charge < -0.3 is 9.64 Å². The summed E-state index contributed by atoms with van der Waals surface area (Å²) in [6.07, 6.45) is 0.444. The molecule has 2 rings (SSSR count). The third-order valence-corrected chi connectivity index (χ3v) is 6.50. The van der Waals surface area contributed by atoms with Gasteiger partial charge in [-0.2, -0.15) is 0 Å². The molecule has 1 aromatic carbocycles. The summed E-state index contributed by atoms with van der Waals surface area (Å²) < 4.78 is 28.1.